The predicted molar refractivity (Wildman–Crippen MR) is 88.3 cm³/mol. The summed E-state index contributed by atoms with van der Waals surface area (Å²) in [6.45, 7) is 0.763. The summed E-state index contributed by atoms with van der Waals surface area (Å²) < 4.78 is 32.6. The van der Waals surface area contributed by atoms with Crippen LogP contribution in [0.25, 0.3) is 0 Å². The molecule has 3 rings (SSSR count). The van der Waals surface area contributed by atoms with E-state index < -0.39 is 11.9 Å². The van der Waals surface area contributed by atoms with Crippen LogP contribution in [-0.2, 0) is 6.61 Å². The first-order valence-corrected chi connectivity index (χ1v) is 7.92. The van der Waals surface area contributed by atoms with Crippen molar-refractivity contribution in [3.8, 4) is 5.75 Å². The number of hydrogen-bond donors (Lipinski definition) is 2. The molecule has 1 aliphatic heterocycles. The van der Waals surface area contributed by atoms with Crippen LogP contribution < -0.4 is 10.1 Å². The first kappa shape index (κ1) is 17.2. The molecule has 0 aliphatic carbocycles. The van der Waals surface area contributed by atoms with Crippen LogP contribution in [0, 0.1) is 11.6 Å². The Morgan fingerprint density at radius 2 is 2.12 bits per heavy atom. The molecular formula is C18H18F2N2O3. The van der Waals surface area contributed by atoms with Gasteiger partial charge in [0.2, 0.25) is 0 Å². The van der Waals surface area contributed by atoms with Gasteiger partial charge in [-0.3, -0.25) is 0 Å². The van der Waals surface area contributed by atoms with E-state index in [1.165, 1.54) is 29.2 Å². The van der Waals surface area contributed by atoms with E-state index in [9.17, 15) is 18.7 Å². The van der Waals surface area contributed by atoms with E-state index in [2.05, 4.69) is 5.32 Å². The lowest BCUT2D eigenvalue weighted by atomic mass is 10.2. The van der Waals surface area contributed by atoms with E-state index in [-0.39, 0.29) is 30.7 Å². The number of carbonyl (C=O) groups excluding carboxylic acids is 1. The van der Waals surface area contributed by atoms with E-state index in [1.807, 2.05) is 0 Å². The first-order valence-electron chi connectivity index (χ1n) is 7.92. The predicted octanol–water partition coefficient (Wildman–Crippen LogP) is 3.14. The maximum absolute atomic E-state index is 14.1. The van der Waals surface area contributed by atoms with Gasteiger partial charge in [-0.2, -0.15) is 0 Å². The first-order chi connectivity index (χ1) is 12.0. The number of aliphatic hydroxyl groups is 1. The number of β-amino-alcohol motifs (C(OH)–C–C–N with tert-alkyl or cyclic N) is 1. The number of urea groups is 1. The second-order valence-electron chi connectivity index (χ2n) is 5.88. The van der Waals surface area contributed by atoms with Gasteiger partial charge < -0.3 is 20.1 Å². The second-order valence-corrected chi connectivity index (χ2v) is 5.88. The maximum atomic E-state index is 14.1. The van der Waals surface area contributed by atoms with Gasteiger partial charge in [-0.25, -0.2) is 13.6 Å². The molecule has 0 bridgehead atoms. The largest absolute Gasteiger partial charge is 0.486 e. The van der Waals surface area contributed by atoms with Crippen LogP contribution in [0.15, 0.2) is 42.5 Å². The minimum absolute atomic E-state index is 0.0128. The summed E-state index contributed by atoms with van der Waals surface area (Å²) in [4.78, 5) is 13.5. The van der Waals surface area contributed by atoms with Crippen molar-refractivity contribution in [1.29, 1.82) is 0 Å². The van der Waals surface area contributed by atoms with Crippen LogP contribution in [0.1, 0.15) is 12.0 Å². The van der Waals surface area contributed by atoms with Gasteiger partial charge in [0.25, 0.3) is 0 Å². The topological polar surface area (TPSA) is 61.8 Å². The van der Waals surface area contributed by atoms with Gasteiger partial charge in [0.1, 0.15) is 12.4 Å². The highest BCUT2D eigenvalue weighted by molar-refractivity contribution is 5.89. The molecule has 1 saturated heterocycles. The number of nitrogens with one attached hydrogen (secondary N) is 1. The number of halogens is 2. The van der Waals surface area contributed by atoms with Crippen molar-refractivity contribution >= 4 is 11.7 Å². The van der Waals surface area contributed by atoms with Crippen LogP contribution in [0.3, 0.4) is 0 Å². The number of nitrogens with zero attached hydrogens (tertiary/aromatic N) is 1. The fourth-order valence-corrected chi connectivity index (χ4v) is 2.61. The van der Waals surface area contributed by atoms with Gasteiger partial charge in [0.15, 0.2) is 11.6 Å². The zero-order valence-electron chi connectivity index (χ0n) is 13.4. The molecule has 1 unspecified atom stereocenters. The molecule has 0 saturated carbocycles. The molecule has 25 heavy (non-hydrogen) atoms. The smallest absolute Gasteiger partial charge is 0.321 e. The van der Waals surface area contributed by atoms with Crippen LogP contribution in [0.4, 0.5) is 19.3 Å². The minimum Gasteiger partial charge on any atom is -0.486 e. The average molecular weight is 348 g/mol. The maximum Gasteiger partial charge on any atom is 0.321 e. The van der Waals surface area contributed by atoms with E-state index in [4.69, 9.17) is 4.74 Å². The Morgan fingerprint density at radius 3 is 2.80 bits per heavy atom. The Morgan fingerprint density at radius 1 is 1.28 bits per heavy atom. The Bertz CT molecular complexity index is 770. The Labute approximate surface area is 143 Å². The fraction of sp³-hybridized carbons (Fsp3) is 0.278. The number of carbonyl (C=O) groups is 1. The van der Waals surface area contributed by atoms with E-state index >= 15 is 0 Å². The molecule has 2 aromatic rings. The van der Waals surface area contributed by atoms with Crippen molar-refractivity contribution in [3.63, 3.8) is 0 Å². The Balaban J connectivity index is 1.59. The molecule has 1 fully saturated rings. The van der Waals surface area contributed by atoms with Crippen molar-refractivity contribution < 1.29 is 23.4 Å². The van der Waals surface area contributed by atoms with Gasteiger partial charge in [-0.15, -0.1) is 0 Å². The number of anilines is 1. The SMILES string of the molecule is O=C(Nc1ccc(OCc2cccc(F)c2)c(F)c1)N1CCC(O)C1. The van der Waals surface area contributed by atoms with Crippen LogP contribution >= 0.6 is 0 Å². The quantitative estimate of drug-likeness (QED) is 0.892. The van der Waals surface area contributed by atoms with Crippen LogP contribution in [0.2, 0.25) is 0 Å². The molecule has 2 N–H and O–H groups in total. The number of ether oxygens (including phenoxy) is 1. The molecule has 0 aromatic heterocycles. The van der Waals surface area contributed by atoms with Crippen molar-refractivity contribution in [1.82, 2.24) is 4.90 Å². The molecule has 2 amide bonds. The Hall–Kier alpha value is -2.67. The van der Waals surface area contributed by atoms with Crippen molar-refractivity contribution in [3.05, 3.63) is 59.7 Å². The van der Waals surface area contributed by atoms with Gasteiger partial charge in [0, 0.05) is 24.8 Å². The lowest BCUT2D eigenvalue weighted by molar-refractivity contribution is 0.176. The molecule has 7 heteroatoms. The molecule has 0 radical (unpaired) electrons. The summed E-state index contributed by atoms with van der Waals surface area (Å²) in [7, 11) is 0. The van der Waals surface area contributed by atoms with Crippen LogP contribution in [0.5, 0.6) is 5.75 Å². The summed E-state index contributed by atoms with van der Waals surface area (Å²) >= 11 is 0. The summed E-state index contributed by atoms with van der Waals surface area (Å²) in [5.41, 5.74) is 0.881. The summed E-state index contributed by atoms with van der Waals surface area (Å²) in [6.07, 6.45) is 0.0235. The van der Waals surface area contributed by atoms with Gasteiger partial charge in [-0.1, -0.05) is 12.1 Å². The summed E-state index contributed by atoms with van der Waals surface area (Å²) in [5.74, 6) is -0.999. The third-order valence-electron chi connectivity index (χ3n) is 3.92. The number of amides is 2. The van der Waals surface area contributed by atoms with E-state index in [1.54, 1.807) is 12.1 Å². The lowest BCUT2D eigenvalue weighted by Crippen LogP contribution is -2.33. The number of aliphatic hydroxyl groups excluding tert-OH is 1. The van der Waals surface area contributed by atoms with Gasteiger partial charge in [-0.05, 0) is 36.2 Å². The van der Waals surface area contributed by atoms with Crippen molar-refractivity contribution in [2.24, 2.45) is 0 Å². The molecule has 132 valence electrons. The molecule has 1 atom stereocenters. The van der Waals surface area contributed by atoms with Gasteiger partial charge in [0.05, 0.1) is 6.10 Å². The second kappa shape index (κ2) is 7.48. The number of hydrogen-bond acceptors (Lipinski definition) is 3. The monoisotopic (exact) mass is 348 g/mol. The number of rotatable bonds is 4. The number of likely N-dealkylation sites (tertiary alicyclic amines) is 1. The van der Waals surface area contributed by atoms with Crippen LogP contribution in [-0.4, -0.2) is 35.2 Å². The van der Waals surface area contributed by atoms with E-state index in [0.29, 0.717) is 24.2 Å². The number of benzene rings is 2. The zero-order chi connectivity index (χ0) is 17.8. The minimum atomic E-state index is -0.629. The highest BCUT2D eigenvalue weighted by Gasteiger charge is 2.24. The molecular weight excluding hydrogens is 330 g/mol. The third-order valence-corrected chi connectivity index (χ3v) is 3.92. The third kappa shape index (κ3) is 4.45. The average Bonchev–Trinajstić information content (AvgIpc) is 3.01. The van der Waals surface area contributed by atoms with E-state index in [0.717, 1.165) is 6.07 Å². The highest BCUT2D eigenvalue weighted by atomic mass is 19.1. The molecule has 0 spiro atoms. The van der Waals surface area contributed by atoms with Gasteiger partial charge >= 0.3 is 6.03 Å². The van der Waals surface area contributed by atoms with Crippen molar-refractivity contribution in [2.45, 2.75) is 19.1 Å². The Kier molecular flexibility index (Phi) is 5.14. The van der Waals surface area contributed by atoms with Crippen molar-refractivity contribution in [2.75, 3.05) is 18.4 Å². The molecule has 1 heterocycles. The lowest BCUT2D eigenvalue weighted by Gasteiger charge is -2.17. The molecule has 2 aromatic carbocycles. The standard InChI is InChI=1S/C18H18F2N2O3/c19-13-3-1-2-12(8-13)11-25-17-5-4-14(9-16(17)20)21-18(24)22-7-6-15(23)10-22/h1-5,8-9,15,23H,6-7,10-11H2,(H,21,24). The molecule has 1 aliphatic rings. The normalized spacial score (nSPS) is 16.8. The molecule has 5 nitrogen and oxygen atoms in total. The summed E-state index contributed by atoms with van der Waals surface area (Å²) in [5, 5.41) is 12.0. The highest BCUT2D eigenvalue weighted by Crippen LogP contribution is 2.23. The summed E-state index contributed by atoms with van der Waals surface area (Å²) in [6, 6.07) is 9.57. The fourth-order valence-electron chi connectivity index (χ4n) is 2.61. The zero-order valence-corrected chi connectivity index (χ0v) is 13.4.